The number of aliphatic hydroxyl groups excluding tert-OH is 1. The molecule has 2 aromatic carbocycles. The van der Waals surface area contributed by atoms with E-state index in [9.17, 15) is 15.0 Å². The Morgan fingerprint density at radius 2 is 1.82 bits per heavy atom. The highest BCUT2D eigenvalue weighted by molar-refractivity contribution is 5.89. The van der Waals surface area contributed by atoms with Gasteiger partial charge in [-0.2, -0.15) is 0 Å². The summed E-state index contributed by atoms with van der Waals surface area (Å²) in [6.45, 7) is 8.00. The van der Waals surface area contributed by atoms with E-state index in [0.717, 1.165) is 0 Å². The first-order valence-corrected chi connectivity index (χ1v) is 12.3. The molecule has 4 atom stereocenters. The Hall–Kier alpha value is -3.67. The summed E-state index contributed by atoms with van der Waals surface area (Å²) in [4.78, 5) is 12.3. The van der Waals surface area contributed by atoms with Crippen molar-refractivity contribution in [3.05, 3.63) is 35.9 Å². The minimum absolute atomic E-state index is 0.0698. The number of hydrogen-bond acceptors (Lipinski definition) is 11. The highest BCUT2D eigenvalue weighted by atomic mass is 16.7. The van der Waals surface area contributed by atoms with Crippen LogP contribution in [0.5, 0.6) is 34.5 Å². The van der Waals surface area contributed by atoms with E-state index >= 15 is 0 Å². The first kappa shape index (κ1) is 28.3. The maximum Gasteiger partial charge on any atom is 0.303 e. The fourth-order valence-electron chi connectivity index (χ4n) is 4.99. The van der Waals surface area contributed by atoms with Crippen molar-refractivity contribution in [3.8, 4) is 45.6 Å². The van der Waals surface area contributed by atoms with Crippen molar-refractivity contribution < 1.29 is 52.9 Å². The van der Waals surface area contributed by atoms with E-state index in [-0.39, 0.29) is 54.5 Å². The molecule has 212 valence electrons. The van der Waals surface area contributed by atoms with Gasteiger partial charge in [0.25, 0.3) is 0 Å². The Balaban J connectivity index is 2.24. The second kappa shape index (κ2) is 11.2. The van der Waals surface area contributed by atoms with Gasteiger partial charge in [0.15, 0.2) is 29.8 Å². The van der Waals surface area contributed by atoms with Gasteiger partial charge >= 0.3 is 5.97 Å². The average molecular weight is 547 g/mol. The molecule has 1 aliphatic carbocycles. The van der Waals surface area contributed by atoms with Crippen LogP contribution in [0.25, 0.3) is 11.1 Å². The molecular formula is C28H34O11. The Morgan fingerprint density at radius 3 is 2.44 bits per heavy atom. The molecule has 0 saturated carbocycles. The van der Waals surface area contributed by atoms with Gasteiger partial charge < -0.3 is 48.1 Å². The normalized spacial score (nSPS) is 23.0. The molecule has 0 amide bonds. The highest BCUT2D eigenvalue weighted by Crippen LogP contribution is 2.60. The van der Waals surface area contributed by atoms with E-state index < -0.39 is 29.7 Å². The molecule has 1 aliphatic heterocycles. The van der Waals surface area contributed by atoms with Crippen LogP contribution in [-0.2, 0) is 14.3 Å². The predicted molar refractivity (Wildman–Crippen MR) is 139 cm³/mol. The van der Waals surface area contributed by atoms with Crippen LogP contribution in [0.3, 0.4) is 0 Å². The molecule has 2 aliphatic rings. The van der Waals surface area contributed by atoms with Crippen LogP contribution in [-0.4, -0.2) is 63.3 Å². The van der Waals surface area contributed by atoms with E-state index in [1.807, 2.05) is 0 Å². The summed E-state index contributed by atoms with van der Waals surface area (Å²) in [5, 5.41) is 23.5. The van der Waals surface area contributed by atoms with Crippen LogP contribution in [0.4, 0.5) is 0 Å². The average Bonchev–Trinajstić information content (AvgIpc) is 3.39. The van der Waals surface area contributed by atoms with E-state index in [4.69, 9.17) is 37.9 Å². The smallest absolute Gasteiger partial charge is 0.303 e. The molecular weight excluding hydrogens is 512 g/mol. The van der Waals surface area contributed by atoms with Crippen molar-refractivity contribution in [2.45, 2.75) is 38.6 Å². The van der Waals surface area contributed by atoms with Gasteiger partial charge in [0.2, 0.25) is 18.3 Å². The molecule has 11 heteroatoms. The van der Waals surface area contributed by atoms with Gasteiger partial charge in [-0.25, -0.2) is 0 Å². The summed E-state index contributed by atoms with van der Waals surface area (Å²) < 4.78 is 45.9. The summed E-state index contributed by atoms with van der Waals surface area (Å²) in [5.41, 5.74) is -0.430. The molecule has 0 spiro atoms. The fourth-order valence-corrected chi connectivity index (χ4v) is 4.99. The zero-order valence-corrected chi connectivity index (χ0v) is 22.9. The standard InChI is InChI=1S/C28H34O11/c1-8-9-35-25-21-17(11-18(33-6)23(25)34-7)27(30)28(4,31)14(2)22(39-15(3)29)16-10-19-24(38-13-36-19)26(20(16)21)37-12-32-5/h8,10-11,14,22,27,30-31H,1,9,12-13H2,2-7H3/t14-,22+,27+,28-/m0/s1. The number of methoxy groups -OCH3 is 3. The summed E-state index contributed by atoms with van der Waals surface area (Å²) in [6, 6.07) is 3.24. The van der Waals surface area contributed by atoms with E-state index in [0.29, 0.717) is 22.4 Å². The lowest BCUT2D eigenvalue weighted by Crippen LogP contribution is -2.44. The molecule has 39 heavy (non-hydrogen) atoms. The number of aliphatic hydroxyl groups is 2. The van der Waals surface area contributed by atoms with Crippen molar-refractivity contribution in [1.29, 1.82) is 0 Å². The number of esters is 1. The third-order valence-electron chi connectivity index (χ3n) is 7.05. The third kappa shape index (κ3) is 4.81. The molecule has 0 unspecified atom stereocenters. The minimum atomic E-state index is -1.80. The minimum Gasteiger partial charge on any atom is -0.493 e. The maximum absolute atomic E-state index is 12.3. The van der Waals surface area contributed by atoms with Crippen molar-refractivity contribution >= 4 is 5.97 Å². The Kier molecular flexibility index (Phi) is 8.15. The molecule has 0 radical (unpaired) electrons. The lowest BCUT2D eigenvalue weighted by atomic mass is 9.71. The third-order valence-corrected chi connectivity index (χ3v) is 7.05. The van der Waals surface area contributed by atoms with Gasteiger partial charge in [-0.1, -0.05) is 19.6 Å². The lowest BCUT2D eigenvalue weighted by molar-refractivity contribution is -0.166. The van der Waals surface area contributed by atoms with E-state index in [1.165, 1.54) is 35.2 Å². The summed E-state index contributed by atoms with van der Waals surface area (Å²) in [6.07, 6.45) is -0.997. The molecule has 2 N–H and O–H groups in total. The number of ether oxygens (including phenoxy) is 8. The van der Waals surface area contributed by atoms with Gasteiger partial charge in [0.05, 0.1) is 19.8 Å². The van der Waals surface area contributed by atoms with E-state index in [2.05, 4.69) is 6.58 Å². The van der Waals surface area contributed by atoms with Crippen molar-refractivity contribution in [2.75, 3.05) is 41.5 Å². The number of hydrogen-bond donors (Lipinski definition) is 2. The molecule has 0 bridgehead atoms. The Bertz CT molecular complexity index is 1250. The van der Waals surface area contributed by atoms with Gasteiger partial charge in [-0.3, -0.25) is 4.79 Å². The largest absolute Gasteiger partial charge is 0.493 e. The van der Waals surface area contributed by atoms with Crippen LogP contribution < -0.4 is 28.4 Å². The molecule has 2 aromatic rings. The van der Waals surface area contributed by atoms with Crippen LogP contribution >= 0.6 is 0 Å². The quantitative estimate of drug-likeness (QED) is 0.271. The van der Waals surface area contributed by atoms with Crippen molar-refractivity contribution in [2.24, 2.45) is 5.92 Å². The molecule has 1 heterocycles. The second-order valence-electron chi connectivity index (χ2n) is 9.41. The molecule has 11 nitrogen and oxygen atoms in total. The number of carbonyl (C=O) groups is 1. The fraction of sp³-hybridized carbons (Fsp3) is 0.464. The van der Waals surface area contributed by atoms with Gasteiger partial charge in [0, 0.05) is 36.6 Å². The Morgan fingerprint density at radius 1 is 1.10 bits per heavy atom. The SMILES string of the molecule is C=CCOc1c(OC)c(OC)cc2c1-c1c(cc3c(c1OCOC)OCO3)[C@H](OC(C)=O)[C@H](C)[C@](C)(O)[C@@H]2O. The van der Waals surface area contributed by atoms with Crippen molar-refractivity contribution in [3.63, 3.8) is 0 Å². The van der Waals surface area contributed by atoms with Gasteiger partial charge in [-0.15, -0.1) is 0 Å². The number of fused-ring (bicyclic) bond motifs is 4. The van der Waals surface area contributed by atoms with Gasteiger partial charge in [0.1, 0.15) is 18.8 Å². The summed E-state index contributed by atoms with van der Waals surface area (Å²) in [5.74, 6) is 0.108. The summed E-state index contributed by atoms with van der Waals surface area (Å²) >= 11 is 0. The topological polar surface area (TPSA) is 131 Å². The van der Waals surface area contributed by atoms with Crippen molar-refractivity contribution in [1.82, 2.24) is 0 Å². The summed E-state index contributed by atoms with van der Waals surface area (Å²) in [7, 11) is 4.37. The second-order valence-corrected chi connectivity index (χ2v) is 9.41. The first-order chi connectivity index (χ1) is 18.6. The Labute approximate surface area is 226 Å². The molecule has 0 fully saturated rings. The maximum atomic E-state index is 12.3. The molecule has 0 saturated heterocycles. The van der Waals surface area contributed by atoms with E-state index in [1.54, 1.807) is 25.1 Å². The number of carbonyl (C=O) groups excluding carboxylic acids is 1. The van der Waals surface area contributed by atoms with Crippen LogP contribution in [0.2, 0.25) is 0 Å². The predicted octanol–water partition coefficient (Wildman–Crippen LogP) is 3.69. The lowest BCUT2D eigenvalue weighted by Gasteiger charge is -2.42. The monoisotopic (exact) mass is 546 g/mol. The zero-order valence-electron chi connectivity index (χ0n) is 22.9. The van der Waals surface area contributed by atoms with Crippen LogP contribution in [0.15, 0.2) is 24.8 Å². The zero-order chi connectivity index (χ0) is 28.5. The van der Waals surface area contributed by atoms with Crippen LogP contribution in [0, 0.1) is 5.92 Å². The van der Waals surface area contributed by atoms with Gasteiger partial charge in [-0.05, 0) is 24.6 Å². The number of benzene rings is 2. The number of rotatable bonds is 9. The molecule has 0 aromatic heterocycles. The van der Waals surface area contributed by atoms with Crippen LogP contribution in [0.1, 0.15) is 44.1 Å². The first-order valence-electron chi connectivity index (χ1n) is 12.3. The molecule has 4 rings (SSSR count). The highest BCUT2D eigenvalue weighted by Gasteiger charge is 2.49.